The van der Waals surface area contributed by atoms with Gasteiger partial charge in [0.05, 0.1) is 13.2 Å². The molecule has 0 aliphatic rings. The Balaban J connectivity index is 0. The SMILES string of the molecule is C=CCC(CO)N(CC)CCO.O. The van der Waals surface area contributed by atoms with Crippen LogP contribution < -0.4 is 0 Å². The highest BCUT2D eigenvalue weighted by atomic mass is 16.3. The van der Waals surface area contributed by atoms with Crippen LogP contribution in [0.2, 0.25) is 0 Å². The van der Waals surface area contributed by atoms with Crippen molar-refractivity contribution in [3.05, 3.63) is 12.7 Å². The van der Waals surface area contributed by atoms with Gasteiger partial charge >= 0.3 is 0 Å². The molecule has 0 saturated carbocycles. The molecule has 0 amide bonds. The molecule has 1 atom stereocenters. The van der Waals surface area contributed by atoms with Crippen molar-refractivity contribution >= 4 is 0 Å². The molecule has 80 valence electrons. The normalized spacial score (nSPS) is 12.3. The summed E-state index contributed by atoms with van der Waals surface area (Å²) in [4.78, 5) is 2.04. The molecule has 0 saturated heterocycles. The molecule has 0 rings (SSSR count). The van der Waals surface area contributed by atoms with E-state index in [0.717, 1.165) is 13.0 Å². The minimum Gasteiger partial charge on any atom is -0.412 e. The zero-order chi connectivity index (χ0) is 9.40. The fraction of sp³-hybridized carbons (Fsp3) is 0.778. The summed E-state index contributed by atoms with van der Waals surface area (Å²) < 4.78 is 0. The lowest BCUT2D eigenvalue weighted by Crippen LogP contribution is -2.39. The summed E-state index contributed by atoms with van der Waals surface area (Å²) >= 11 is 0. The van der Waals surface area contributed by atoms with E-state index < -0.39 is 0 Å². The van der Waals surface area contributed by atoms with Crippen LogP contribution in [0.5, 0.6) is 0 Å². The third-order valence-corrected chi connectivity index (χ3v) is 1.96. The number of rotatable bonds is 7. The van der Waals surface area contributed by atoms with Crippen LogP contribution in [0.15, 0.2) is 12.7 Å². The molecule has 4 nitrogen and oxygen atoms in total. The van der Waals surface area contributed by atoms with Crippen LogP contribution in [0.3, 0.4) is 0 Å². The Labute approximate surface area is 79.8 Å². The zero-order valence-corrected chi connectivity index (χ0v) is 8.24. The van der Waals surface area contributed by atoms with Gasteiger partial charge in [-0.15, -0.1) is 6.58 Å². The minimum absolute atomic E-state index is 0. The highest BCUT2D eigenvalue weighted by molar-refractivity contribution is 4.79. The minimum atomic E-state index is 0. The van der Waals surface area contributed by atoms with E-state index >= 15 is 0 Å². The smallest absolute Gasteiger partial charge is 0.0589 e. The molecule has 0 aromatic heterocycles. The molecule has 0 spiro atoms. The molecule has 0 aliphatic carbocycles. The van der Waals surface area contributed by atoms with Crippen LogP contribution in [0.25, 0.3) is 0 Å². The Morgan fingerprint density at radius 1 is 1.46 bits per heavy atom. The largest absolute Gasteiger partial charge is 0.412 e. The van der Waals surface area contributed by atoms with Crippen molar-refractivity contribution in [3.8, 4) is 0 Å². The molecule has 0 bridgehead atoms. The molecule has 0 fully saturated rings. The van der Waals surface area contributed by atoms with Gasteiger partial charge in [-0.3, -0.25) is 4.90 Å². The molecule has 0 heterocycles. The molecule has 4 heteroatoms. The second-order valence-corrected chi connectivity index (χ2v) is 2.71. The van der Waals surface area contributed by atoms with Crippen molar-refractivity contribution < 1.29 is 15.7 Å². The van der Waals surface area contributed by atoms with Gasteiger partial charge in [0.15, 0.2) is 0 Å². The highest BCUT2D eigenvalue weighted by Crippen LogP contribution is 2.03. The summed E-state index contributed by atoms with van der Waals surface area (Å²) in [6, 6.07) is 0.111. The lowest BCUT2D eigenvalue weighted by Gasteiger charge is -2.27. The molecule has 0 radical (unpaired) electrons. The number of aliphatic hydroxyl groups excluding tert-OH is 2. The number of nitrogens with zero attached hydrogens (tertiary/aromatic N) is 1. The monoisotopic (exact) mass is 191 g/mol. The third kappa shape index (κ3) is 5.76. The van der Waals surface area contributed by atoms with Crippen LogP contribution >= 0.6 is 0 Å². The van der Waals surface area contributed by atoms with E-state index in [1.165, 1.54) is 0 Å². The number of aliphatic hydroxyl groups is 2. The van der Waals surface area contributed by atoms with Gasteiger partial charge in [0.1, 0.15) is 0 Å². The predicted molar refractivity (Wildman–Crippen MR) is 53.6 cm³/mol. The summed E-state index contributed by atoms with van der Waals surface area (Å²) in [7, 11) is 0. The molecule has 0 aliphatic heterocycles. The van der Waals surface area contributed by atoms with Crippen LogP contribution in [0.4, 0.5) is 0 Å². The number of hydrogen-bond donors (Lipinski definition) is 2. The Morgan fingerprint density at radius 3 is 2.38 bits per heavy atom. The van der Waals surface area contributed by atoms with Crippen molar-refractivity contribution in [1.82, 2.24) is 4.90 Å². The van der Waals surface area contributed by atoms with Gasteiger partial charge in [-0.2, -0.15) is 0 Å². The first-order valence-electron chi connectivity index (χ1n) is 4.36. The Bertz CT molecular complexity index is 119. The van der Waals surface area contributed by atoms with Crippen molar-refractivity contribution in [1.29, 1.82) is 0 Å². The first-order chi connectivity index (χ1) is 5.79. The van der Waals surface area contributed by atoms with Crippen LogP contribution in [0.1, 0.15) is 13.3 Å². The van der Waals surface area contributed by atoms with Crippen molar-refractivity contribution in [2.75, 3.05) is 26.3 Å². The Kier molecular flexibility index (Phi) is 11.2. The van der Waals surface area contributed by atoms with Gasteiger partial charge in [-0.05, 0) is 13.0 Å². The maximum atomic E-state index is 9.01. The second-order valence-electron chi connectivity index (χ2n) is 2.71. The quantitative estimate of drug-likeness (QED) is 0.528. The van der Waals surface area contributed by atoms with Crippen molar-refractivity contribution in [3.63, 3.8) is 0 Å². The summed E-state index contributed by atoms with van der Waals surface area (Å²) in [5.74, 6) is 0. The van der Waals surface area contributed by atoms with Crippen molar-refractivity contribution in [2.24, 2.45) is 0 Å². The van der Waals surface area contributed by atoms with E-state index in [9.17, 15) is 0 Å². The third-order valence-electron chi connectivity index (χ3n) is 1.96. The lowest BCUT2D eigenvalue weighted by molar-refractivity contribution is 0.108. The van der Waals surface area contributed by atoms with Crippen LogP contribution in [0, 0.1) is 0 Å². The van der Waals surface area contributed by atoms with Gasteiger partial charge in [0.25, 0.3) is 0 Å². The standard InChI is InChI=1S/C9H19NO2.H2O/c1-3-5-9(8-12)10(4-2)6-7-11;/h3,9,11-12H,1,4-8H2,2H3;1H2. The van der Waals surface area contributed by atoms with Crippen molar-refractivity contribution in [2.45, 2.75) is 19.4 Å². The second kappa shape index (κ2) is 9.67. The average Bonchev–Trinajstić information content (AvgIpc) is 2.11. The fourth-order valence-electron chi connectivity index (χ4n) is 1.26. The van der Waals surface area contributed by atoms with E-state index in [4.69, 9.17) is 10.2 Å². The van der Waals surface area contributed by atoms with Gasteiger partial charge in [0, 0.05) is 12.6 Å². The zero-order valence-electron chi connectivity index (χ0n) is 8.24. The van der Waals surface area contributed by atoms with E-state index in [1.807, 2.05) is 11.8 Å². The molecular formula is C9H21NO3. The van der Waals surface area contributed by atoms with Crippen LogP contribution in [-0.4, -0.2) is 52.9 Å². The van der Waals surface area contributed by atoms with E-state index in [1.54, 1.807) is 6.08 Å². The van der Waals surface area contributed by atoms with Gasteiger partial charge < -0.3 is 15.7 Å². The lowest BCUT2D eigenvalue weighted by atomic mass is 10.2. The molecular weight excluding hydrogens is 170 g/mol. The summed E-state index contributed by atoms with van der Waals surface area (Å²) in [6.45, 7) is 7.37. The molecule has 0 aromatic carbocycles. The number of hydrogen-bond acceptors (Lipinski definition) is 3. The summed E-state index contributed by atoms with van der Waals surface area (Å²) in [6.07, 6.45) is 2.56. The first-order valence-corrected chi connectivity index (χ1v) is 4.36. The summed E-state index contributed by atoms with van der Waals surface area (Å²) in [5.41, 5.74) is 0. The maximum Gasteiger partial charge on any atom is 0.0589 e. The first kappa shape index (κ1) is 15.1. The maximum absolute atomic E-state index is 9.01. The van der Waals surface area contributed by atoms with E-state index in [2.05, 4.69) is 6.58 Å². The average molecular weight is 191 g/mol. The predicted octanol–water partition coefficient (Wildman–Crippen LogP) is -0.587. The van der Waals surface area contributed by atoms with Gasteiger partial charge in [-0.25, -0.2) is 0 Å². The summed E-state index contributed by atoms with van der Waals surface area (Å²) in [5, 5.41) is 17.7. The van der Waals surface area contributed by atoms with Gasteiger partial charge in [-0.1, -0.05) is 13.0 Å². The molecule has 13 heavy (non-hydrogen) atoms. The number of likely N-dealkylation sites (N-methyl/N-ethyl adjacent to an activating group) is 1. The van der Waals surface area contributed by atoms with Gasteiger partial charge in [0.2, 0.25) is 0 Å². The Hall–Kier alpha value is -0.420. The molecule has 1 unspecified atom stereocenters. The fourth-order valence-corrected chi connectivity index (χ4v) is 1.26. The van der Waals surface area contributed by atoms with E-state index in [-0.39, 0.29) is 24.7 Å². The topological polar surface area (TPSA) is 75.2 Å². The highest BCUT2D eigenvalue weighted by Gasteiger charge is 2.13. The van der Waals surface area contributed by atoms with E-state index in [0.29, 0.717) is 6.54 Å². The molecule has 0 aromatic rings. The molecule has 4 N–H and O–H groups in total. The Morgan fingerprint density at radius 2 is 2.08 bits per heavy atom. The van der Waals surface area contributed by atoms with Crippen LogP contribution in [-0.2, 0) is 0 Å².